The summed E-state index contributed by atoms with van der Waals surface area (Å²) in [6.07, 6.45) is 1.50. The van der Waals surface area contributed by atoms with E-state index in [0.29, 0.717) is 5.69 Å². The van der Waals surface area contributed by atoms with Gasteiger partial charge in [-0.05, 0) is 42.0 Å². The van der Waals surface area contributed by atoms with Gasteiger partial charge in [-0.2, -0.15) is 0 Å². The van der Waals surface area contributed by atoms with Gasteiger partial charge in [0, 0.05) is 16.6 Å². The summed E-state index contributed by atoms with van der Waals surface area (Å²) in [4.78, 5) is 21.9. The van der Waals surface area contributed by atoms with Crippen molar-refractivity contribution in [3.63, 3.8) is 0 Å². The lowest BCUT2D eigenvalue weighted by atomic mass is 10.1. The van der Waals surface area contributed by atoms with Crippen LogP contribution in [-0.4, -0.2) is 28.7 Å². The second-order valence-electron chi connectivity index (χ2n) is 6.08. The average Bonchev–Trinajstić information content (AvgIpc) is 3.18. The molecule has 0 spiro atoms. The summed E-state index contributed by atoms with van der Waals surface area (Å²) in [7, 11) is 1.59. The second kappa shape index (κ2) is 8.59. The standard InChI is InChI=1S/C21H16FN3O2S2/c1-27-16-8-6-15(7-9-16)25-18(26)11-29-21-19-17(10-28-20(19)23-12-24-21)13-2-4-14(22)5-3-13/h2-10,12H,11H2,1H3,(H,25,26). The van der Waals surface area contributed by atoms with Gasteiger partial charge in [-0.3, -0.25) is 4.79 Å². The van der Waals surface area contributed by atoms with Gasteiger partial charge >= 0.3 is 0 Å². The molecule has 8 heteroatoms. The lowest BCUT2D eigenvalue weighted by molar-refractivity contribution is -0.113. The first kappa shape index (κ1) is 19.4. The van der Waals surface area contributed by atoms with Crippen molar-refractivity contribution in [1.82, 2.24) is 9.97 Å². The number of rotatable bonds is 6. The monoisotopic (exact) mass is 425 g/mol. The third-order valence-electron chi connectivity index (χ3n) is 4.20. The number of nitrogens with zero attached hydrogens (tertiary/aromatic N) is 2. The molecule has 0 saturated heterocycles. The number of thiophene rings is 1. The Morgan fingerprint density at radius 3 is 2.62 bits per heavy atom. The van der Waals surface area contributed by atoms with Crippen LogP contribution in [-0.2, 0) is 4.79 Å². The van der Waals surface area contributed by atoms with Gasteiger partial charge in [0.05, 0.1) is 18.2 Å². The van der Waals surface area contributed by atoms with Crippen molar-refractivity contribution in [2.24, 2.45) is 0 Å². The van der Waals surface area contributed by atoms with E-state index in [1.165, 1.54) is 41.6 Å². The molecule has 2 heterocycles. The number of methoxy groups -OCH3 is 1. The van der Waals surface area contributed by atoms with Crippen LogP contribution in [0.3, 0.4) is 0 Å². The number of halogens is 1. The number of fused-ring (bicyclic) bond motifs is 1. The molecule has 0 saturated carbocycles. The summed E-state index contributed by atoms with van der Waals surface area (Å²) in [5.74, 6) is 0.517. The zero-order chi connectivity index (χ0) is 20.2. The van der Waals surface area contributed by atoms with Crippen LogP contribution in [0.5, 0.6) is 5.75 Å². The summed E-state index contributed by atoms with van der Waals surface area (Å²) in [5, 5.41) is 6.44. The number of ether oxygens (including phenoxy) is 1. The van der Waals surface area contributed by atoms with Crippen molar-refractivity contribution < 1.29 is 13.9 Å². The molecule has 2 aromatic carbocycles. The Labute approximate surface area is 175 Å². The number of carbonyl (C=O) groups excluding carboxylic acids is 1. The molecule has 4 aromatic rings. The minimum Gasteiger partial charge on any atom is -0.497 e. The van der Waals surface area contributed by atoms with Gasteiger partial charge in [0.1, 0.15) is 27.8 Å². The molecule has 0 atom stereocenters. The molecule has 29 heavy (non-hydrogen) atoms. The predicted molar refractivity (Wildman–Crippen MR) is 115 cm³/mol. The first-order chi connectivity index (χ1) is 14.1. The molecule has 2 aromatic heterocycles. The quantitative estimate of drug-likeness (QED) is 0.338. The Balaban J connectivity index is 1.52. The number of hydrogen-bond acceptors (Lipinski definition) is 6. The maximum Gasteiger partial charge on any atom is 0.234 e. The lowest BCUT2D eigenvalue weighted by Gasteiger charge is -2.07. The molecule has 146 valence electrons. The largest absolute Gasteiger partial charge is 0.497 e. The molecule has 0 fully saturated rings. The topological polar surface area (TPSA) is 64.1 Å². The number of amides is 1. The van der Waals surface area contributed by atoms with Gasteiger partial charge in [0.25, 0.3) is 0 Å². The highest BCUT2D eigenvalue weighted by Gasteiger charge is 2.15. The highest BCUT2D eigenvalue weighted by Crippen LogP contribution is 2.37. The molecule has 0 unspecified atom stereocenters. The number of nitrogens with one attached hydrogen (secondary N) is 1. The molecule has 0 aliphatic carbocycles. The van der Waals surface area contributed by atoms with E-state index >= 15 is 0 Å². The summed E-state index contributed by atoms with van der Waals surface area (Å²) >= 11 is 2.84. The van der Waals surface area contributed by atoms with Crippen LogP contribution in [0.15, 0.2) is 65.3 Å². The Hall–Kier alpha value is -2.97. The van der Waals surface area contributed by atoms with E-state index < -0.39 is 0 Å². The summed E-state index contributed by atoms with van der Waals surface area (Å²) in [5.41, 5.74) is 2.52. The minimum absolute atomic E-state index is 0.134. The lowest BCUT2D eigenvalue weighted by Crippen LogP contribution is -2.14. The van der Waals surface area contributed by atoms with Crippen molar-refractivity contribution >= 4 is 44.9 Å². The highest BCUT2D eigenvalue weighted by molar-refractivity contribution is 8.00. The van der Waals surface area contributed by atoms with Gasteiger partial charge in [0.15, 0.2) is 0 Å². The molecule has 5 nitrogen and oxygen atoms in total. The fourth-order valence-corrected chi connectivity index (χ4v) is 4.60. The zero-order valence-electron chi connectivity index (χ0n) is 15.4. The van der Waals surface area contributed by atoms with Crippen molar-refractivity contribution in [2.75, 3.05) is 18.2 Å². The van der Waals surface area contributed by atoms with Gasteiger partial charge in [-0.25, -0.2) is 14.4 Å². The first-order valence-corrected chi connectivity index (χ1v) is 10.6. The molecule has 0 radical (unpaired) electrons. The van der Waals surface area contributed by atoms with Crippen LogP contribution in [0.25, 0.3) is 21.3 Å². The number of aromatic nitrogens is 2. The third kappa shape index (κ3) is 4.38. The fraction of sp³-hybridized carbons (Fsp3) is 0.0952. The van der Waals surface area contributed by atoms with E-state index in [1.807, 2.05) is 5.38 Å². The Morgan fingerprint density at radius 2 is 1.90 bits per heavy atom. The maximum atomic E-state index is 13.3. The number of anilines is 1. The van der Waals surface area contributed by atoms with E-state index in [1.54, 1.807) is 43.5 Å². The van der Waals surface area contributed by atoms with Crippen molar-refractivity contribution in [1.29, 1.82) is 0 Å². The second-order valence-corrected chi connectivity index (χ2v) is 7.90. The average molecular weight is 426 g/mol. The number of carbonyl (C=O) groups is 1. The molecule has 4 rings (SSSR count). The molecular weight excluding hydrogens is 409 g/mol. The first-order valence-electron chi connectivity index (χ1n) is 8.69. The molecule has 0 bridgehead atoms. The van der Waals surface area contributed by atoms with Crippen molar-refractivity contribution in [2.45, 2.75) is 5.03 Å². The van der Waals surface area contributed by atoms with Crippen LogP contribution in [0.2, 0.25) is 0 Å². The smallest absolute Gasteiger partial charge is 0.234 e. The van der Waals surface area contributed by atoms with Gasteiger partial charge in [-0.15, -0.1) is 11.3 Å². The molecule has 0 aliphatic rings. The van der Waals surface area contributed by atoms with Crippen LogP contribution < -0.4 is 10.1 Å². The normalized spacial score (nSPS) is 10.8. The maximum absolute atomic E-state index is 13.3. The Kier molecular flexibility index (Phi) is 5.73. The molecule has 1 amide bonds. The summed E-state index contributed by atoms with van der Waals surface area (Å²) in [6, 6.07) is 13.5. The van der Waals surface area contributed by atoms with Crippen LogP contribution in [0.4, 0.5) is 10.1 Å². The summed E-state index contributed by atoms with van der Waals surface area (Å²) < 4.78 is 18.4. The fourth-order valence-electron chi connectivity index (χ4n) is 2.80. The third-order valence-corrected chi connectivity index (χ3v) is 6.08. The zero-order valence-corrected chi connectivity index (χ0v) is 17.0. The predicted octanol–water partition coefficient (Wildman–Crippen LogP) is 5.24. The summed E-state index contributed by atoms with van der Waals surface area (Å²) in [6.45, 7) is 0. The SMILES string of the molecule is COc1ccc(NC(=O)CSc2ncnc3scc(-c4ccc(F)cc4)c23)cc1. The Bertz CT molecular complexity index is 1150. The molecule has 1 N–H and O–H groups in total. The molecular formula is C21H16FN3O2S2. The van der Waals surface area contributed by atoms with Gasteiger partial charge in [0.2, 0.25) is 5.91 Å². The highest BCUT2D eigenvalue weighted by atomic mass is 32.2. The van der Waals surface area contributed by atoms with E-state index in [2.05, 4.69) is 15.3 Å². The van der Waals surface area contributed by atoms with Crippen molar-refractivity contribution in [3.8, 4) is 16.9 Å². The number of benzene rings is 2. The van der Waals surface area contributed by atoms with Gasteiger partial charge in [-0.1, -0.05) is 23.9 Å². The van der Waals surface area contributed by atoms with E-state index in [4.69, 9.17) is 4.74 Å². The van der Waals surface area contributed by atoms with Gasteiger partial charge < -0.3 is 10.1 Å². The van der Waals surface area contributed by atoms with Crippen LogP contribution in [0, 0.1) is 5.82 Å². The molecule has 0 aliphatic heterocycles. The van der Waals surface area contributed by atoms with Crippen LogP contribution in [0.1, 0.15) is 0 Å². The number of thioether (sulfide) groups is 1. The van der Waals surface area contributed by atoms with Crippen LogP contribution >= 0.6 is 23.1 Å². The van der Waals surface area contributed by atoms with Crippen molar-refractivity contribution in [3.05, 3.63) is 66.1 Å². The minimum atomic E-state index is -0.283. The Morgan fingerprint density at radius 1 is 1.14 bits per heavy atom. The van der Waals surface area contributed by atoms with E-state index in [0.717, 1.165) is 32.1 Å². The van der Waals surface area contributed by atoms with E-state index in [9.17, 15) is 9.18 Å². The van der Waals surface area contributed by atoms with E-state index in [-0.39, 0.29) is 17.5 Å². The number of hydrogen-bond donors (Lipinski definition) is 1.